The van der Waals surface area contributed by atoms with Crippen molar-refractivity contribution in [3.05, 3.63) is 48.0 Å². The summed E-state index contributed by atoms with van der Waals surface area (Å²) in [7, 11) is 0. The van der Waals surface area contributed by atoms with Crippen molar-refractivity contribution in [2.75, 3.05) is 11.9 Å². The summed E-state index contributed by atoms with van der Waals surface area (Å²) in [6, 6.07) is 12.0. The van der Waals surface area contributed by atoms with Crippen LogP contribution in [0.1, 0.15) is 12.0 Å². The van der Waals surface area contributed by atoms with Gasteiger partial charge in [-0.3, -0.25) is 0 Å². The van der Waals surface area contributed by atoms with Gasteiger partial charge in [-0.25, -0.2) is 0 Å². The summed E-state index contributed by atoms with van der Waals surface area (Å²) in [6.45, 7) is 0.982. The highest BCUT2D eigenvalue weighted by Gasteiger charge is 2.30. The average Bonchev–Trinajstić information content (AvgIpc) is 2.46. The Morgan fingerprint density at radius 3 is 2.38 bits per heavy atom. The van der Waals surface area contributed by atoms with Gasteiger partial charge in [-0.2, -0.15) is 0 Å². The highest BCUT2D eigenvalue weighted by Crippen LogP contribution is 2.30. The average molecular weight is 293 g/mol. The molecule has 2 nitrogen and oxygen atoms in total. The molecule has 21 heavy (non-hydrogen) atoms. The third kappa shape index (κ3) is 3.29. The Bertz CT molecular complexity index is 635. The van der Waals surface area contributed by atoms with E-state index in [1.165, 1.54) is 17.7 Å². The topological polar surface area (TPSA) is 21.3 Å². The maximum Gasteiger partial charge on any atom is 0.573 e. The van der Waals surface area contributed by atoms with Crippen LogP contribution in [-0.4, -0.2) is 12.9 Å². The van der Waals surface area contributed by atoms with Crippen molar-refractivity contribution >= 4 is 5.69 Å². The van der Waals surface area contributed by atoms with E-state index in [-0.39, 0.29) is 5.75 Å². The summed E-state index contributed by atoms with van der Waals surface area (Å²) in [4.78, 5) is 0. The molecule has 0 bridgehead atoms. The van der Waals surface area contributed by atoms with E-state index >= 15 is 0 Å². The maximum absolute atomic E-state index is 12.1. The molecule has 2 aromatic rings. The molecule has 0 unspecified atom stereocenters. The summed E-state index contributed by atoms with van der Waals surface area (Å²) in [5.41, 5.74) is 4.25. The molecule has 5 heteroatoms. The lowest BCUT2D eigenvalue weighted by Crippen LogP contribution is -2.16. The van der Waals surface area contributed by atoms with Crippen molar-refractivity contribution < 1.29 is 17.9 Å². The van der Waals surface area contributed by atoms with Gasteiger partial charge in [0.1, 0.15) is 5.75 Å². The van der Waals surface area contributed by atoms with E-state index in [0.717, 1.165) is 36.2 Å². The van der Waals surface area contributed by atoms with Crippen LogP contribution in [0.3, 0.4) is 0 Å². The van der Waals surface area contributed by atoms with E-state index in [0.29, 0.717) is 0 Å². The number of alkyl halides is 3. The fraction of sp³-hybridized carbons (Fsp3) is 0.250. The standard InChI is InChI=1S/C16H14F3NO/c17-16(18,19)21-14-6-3-11(4-7-14)12-5-8-15-13(10-12)2-1-9-20-15/h3-8,10,20H,1-2,9H2. The zero-order chi connectivity index (χ0) is 14.9. The minimum absolute atomic E-state index is 0.203. The molecule has 0 fully saturated rings. The van der Waals surface area contributed by atoms with Gasteiger partial charge in [-0.15, -0.1) is 13.2 Å². The molecule has 1 aliphatic rings. The molecule has 0 atom stereocenters. The van der Waals surface area contributed by atoms with Crippen molar-refractivity contribution in [3.8, 4) is 16.9 Å². The molecule has 3 rings (SSSR count). The number of aryl methyl sites for hydroxylation is 1. The molecule has 0 aromatic heterocycles. The Morgan fingerprint density at radius 1 is 0.952 bits per heavy atom. The first-order valence-electron chi connectivity index (χ1n) is 6.74. The summed E-state index contributed by atoms with van der Waals surface area (Å²) in [5.74, 6) is -0.203. The van der Waals surface area contributed by atoms with Gasteiger partial charge in [0, 0.05) is 12.2 Å². The fourth-order valence-corrected chi connectivity index (χ4v) is 2.50. The number of fused-ring (bicyclic) bond motifs is 1. The number of nitrogens with one attached hydrogen (secondary N) is 1. The van der Waals surface area contributed by atoms with E-state index in [2.05, 4.69) is 16.1 Å². The molecule has 0 saturated carbocycles. The second kappa shape index (κ2) is 5.31. The molecule has 0 radical (unpaired) electrons. The lowest BCUT2D eigenvalue weighted by atomic mass is 9.97. The summed E-state index contributed by atoms with van der Waals surface area (Å²) >= 11 is 0. The summed E-state index contributed by atoms with van der Waals surface area (Å²) in [5, 5.41) is 3.33. The first kappa shape index (κ1) is 13.8. The van der Waals surface area contributed by atoms with Crippen molar-refractivity contribution in [1.82, 2.24) is 0 Å². The van der Waals surface area contributed by atoms with Gasteiger partial charge in [0.25, 0.3) is 0 Å². The quantitative estimate of drug-likeness (QED) is 0.873. The number of rotatable bonds is 2. The van der Waals surface area contributed by atoms with E-state index < -0.39 is 6.36 Å². The van der Waals surface area contributed by atoms with Crippen molar-refractivity contribution in [2.45, 2.75) is 19.2 Å². The second-order valence-corrected chi connectivity index (χ2v) is 4.97. The summed E-state index contributed by atoms with van der Waals surface area (Å²) < 4.78 is 40.2. The zero-order valence-electron chi connectivity index (χ0n) is 11.2. The molecule has 2 aromatic carbocycles. The molecular formula is C16H14F3NO. The monoisotopic (exact) mass is 293 g/mol. The van der Waals surface area contributed by atoms with Crippen molar-refractivity contribution in [3.63, 3.8) is 0 Å². The highest BCUT2D eigenvalue weighted by molar-refractivity contribution is 5.69. The van der Waals surface area contributed by atoms with Crippen LogP contribution in [0.5, 0.6) is 5.75 Å². The minimum Gasteiger partial charge on any atom is -0.406 e. The predicted molar refractivity (Wildman–Crippen MR) is 75.4 cm³/mol. The first-order chi connectivity index (χ1) is 10.0. The Labute approximate surface area is 120 Å². The maximum atomic E-state index is 12.1. The number of hydrogen-bond acceptors (Lipinski definition) is 2. The molecule has 0 amide bonds. The van der Waals surface area contributed by atoms with Crippen LogP contribution in [0.2, 0.25) is 0 Å². The third-order valence-corrected chi connectivity index (χ3v) is 3.46. The van der Waals surface area contributed by atoms with Crippen LogP contribution in [0, 0.1) is 0 Å². The van der Waals surface area contributed by atoms with Crippen LogP contribution in [0.25, 0.3) is 11.1 Å². The minimum atomic E-state index is -4.65. The van der Waals surface area contributed by atoms with Crippen LogP contribution in [0.15, 0.2) is 42.5 Å². The Balaban J connectivity index is 1.84. The SMILES string of the molecule is FC(F)(F)Oc1ccc(-c2ccc3c(c2)CCCN3)cc1. The van der Waals surface area contributed by atoms with Gasteiger partial charge in [0.05, 0.1) is 0 Å². The van der Waals surface area contributed by atoms with Crippen molar-refractivity contribution in [1.29, 1.82) is 0 Å². The Kier molecular flexibility index (Phi) is 3.49. The van der Waals surface area contributed by atoms with Gasteiger partial charge in [0.15, 0.2) is 0 Å². The second-order valence-electron chi connectivity index (χ2n) is 4.97. The number of ether oxygens (including phenoxy) is 1. The number of anilines is 1. The zero-order valence-corrected chi connectivity index (χ0v) is 11.2. The first-order valence-corrected chi connectivity index (χ1v) is 6.74. The van der Waals surface area contributed by atoms with Gasteiger partial charge in [-0.1, -0.05) is 18.2 Å². The van der Waals surface area contributed by atoms with E-state index in [9.17, 15) is 13.2 Å². The van der Waals surface area contributed by atoms with Crippen LogP contribution < -0.4 is 10.1 Å². The van der Waals surface area contributed by atoms with E-state index in [1.54, 1.807) is 12.1 Å². The van der Waals surface area contributed by atoms with Crippen LogP contribution in [-0.2, 0) is 6.42 Å². The smallest absolute Gasteiger partial charge is 0.406 e. The fourth-order valence-electron chi connectivity index (χ4n) is 2.50. The molecular weight excluding hydrogens is 279 g/mol. The number of hydrogen-bond donors (Lipinski definition) is 1. The van der Waals surface area contributed by atoms with Gasteiger partial charge < -0.3 is 10.1 Å². The molecule has 0 saturated heterocycles. The predicted octanol–water partition coefficient (Wildman–Crippen LogP) is 4.61. The normalized spacial score (nSPS) is 14.2. The van der Waals surface area contributed by atoms with Crippen molar-refractivity contribution in [2.24, 2.45) is 0 Å². The third-order valence-electron chi connectivity index (χ3n) is 3.46. The van der Waals surface area contributed by atoms with Crippen LogP contribution >= 0.6 is 0 Å². The number of halogens is 3. The van der Waals surface area contributed by atoms with Crippen LogP contribution in [0.4, 0.5) is 18.9 Å². The van der Waals surface area contributed by atoms with E-state index in [4.69, 9.17) is 0 Å². The van der Waals surface area contributed by atoms with E-state index in [1.807, 2.05) is 12.1 Å². The van der Waals surface area contributed by atoms with Gasteiger partial charge in [-0.05, 0) is 53.8 Å². The Morgan fingerprint density at radius 2 is 1.67 bits per heavy atom. The van der Waals surface area contributed by atoms with Gasteiger partial charge >= 0.3 is 6.36 Å². The molecule has 0 spiro atoms. The van der Waals surface area contributed by atoms with Gasteiger partial charge in [0.2, 0.25) is 0 Å². The molecule has 1 N–H and O–H groups in total. The molecule has 0 aliphatic carbocycles. The number of benzene rings is 2. The Hall–Kier alpha value is -2.17. The largest absolute Gasteiger partial charge is 0.573 e. The lowest BCUT2D eigenvalue weighted by Gasteiger charge is -2.18. The lowest BCUT2D eigenvalue weighted by molar-refractivity contribution is -0.274. The molecule has 110 valence electrons. The molecule has 1 heterocycles. The summed E-state index contributed by atoms with van der Waals surface area (Å²) in [6.07, 6.45) is -2.54. The molecule has 1 aliphatic heterocycles. The highest BCUT2D eigenvalue weighted by atomic mass is 19.4.